The Kier molecular flexibility index (Phi) is 6.74. The molecule has 6 nitrogen and oxygen atoms in total. The third-order valence-corrected chi connectivity index (χ3v) is 8.14. The van der Waals surface area contributed by atoms with E-state index in [4.69, 9.17) is 17.2 Å². The molecular formula is C28H30N4O2S2. The molecule has 1 amide bonds. The highest BCUT2D eigenvalue weighted by atomic mass is 32.2. The summed E-state index contributed by atoms with van der Waals surface area (Å²) in [4.78, 5) is 36.4. The van der Waals surface area contributed by atoms with Gasteiger partial charge in [0.15, 0.2) is 0 Å². The van der Waals surface area contributed by atoms with Gasteiger partial charge in [-0.05, 0) is 55.4 Å². The zero-order valence-corrected chi connectivity index (χ0v) is 22.7. The Labute approximate surface area is 221 Å². The van der Waals surface area contributed by atoms with Crippen molar-refractivity contribution in [3.63, 3.8) is 0 Å². The van der Waals surface area contributed by atoms with E-state index in [-0.39, 0.29) is 11.5 Å². The summed E-state index contributed by atoms with van der Waals surface area (Å²) in [5, 5.41) is 0. The second-order valence-corrected chi connectivity index (χ2v) is 11.9. The summed E-state index contributed by atoms with van der Waals surface area (Å²) in [6, 6.07) is 11.9. The predicted molar refractivity (Wildman–Crippen MR) is 151 cm³/mol. The number of benzene rings is 1. The van der Waals surface area contributed by atoms with Gasteiger partial charge in [-0.25, -0.2) is 4.98 Å². The number of thioether (sulfide) groups is 1. The number of aromatic nitrogens is 2. The van der Waals surface area contributed by atoms with E-state index < -0.39 is 0 Å². The molecule has 2 atom stereocenters. The van der Waals surface area contributed by atoms with Crippen LogP contribution in [-0.4, -0.2) is 37.6 Å². The Balaban J connectivity index is 1.57. The van der Waals surface area contributed by atoms with Crippen LogP contribution in [0, 0.1) is 25.7 Å². The molecular weight excluding hydrogens is 488 g/mol. The topological polar surface area (TPSA) is 57.9 Å². The maximum absolute atomic E-state index is 13.8. The number of carbonyl (C=O) groups is 1. The van der Waals surface area contributed by atoms with Crippen LogP contribution in [0.2, 0.25) is 0 Å². The first-order chi connectivity index (χ1) is 17.2. The van der Waals surface area contributed by atoms with Crippen LogP contribution >= 0.6 is 24.0 Å². The number of pyridine rings is 1. The van der Waals surface area contributed by atoms with E-state index in [1.54, 1.807) is 21.6 Å². The molecule has 0 aliphatic carbocycles. The third kappa shape index (κ3) is 4.84. The van der Waals surface area contributed by atoms with Crippen LogP contribution in [0.1, 0.15) is 42.5 Å². The van der Waals surface area contributed by atoms with Crippen molar-refractivity contribution in [2.75, 3.05) is 18.0 Å². The van der Waals surface area contributed by atoms with Gasteiger partial charge in [-0.2, -0.15) is 0 Å². The van der Waals surface area contributed by atoms with Gasteiger partial charge in [0.1, 0.15) is 15.8 Å². The van der Waals surface area contributed by atoms with Crippen molar-refractivity contribution in [1.82, 2.24) is 14.3 Å². The lowest BCUT2D eigenvalue weighted by atomic mass is 9.91. The molecule has 2 aliphatic rings. The minimum atomic E-state index is -0.175. The molecule has 4 heterocycles. The molecule has 3 aromatic rings. The van der Waals surface area contributed by atoms with Crippen LogP contribution in [0.25, 0.3) is 11.7 Å². The van der Waals surface area contributed by atoms with E-state index in [0.717, 1.165) is 36.2 Å². The van der Waals surface area contributed by atoms with Gasteiger partial charge in [0, 0.05) is 19.3 Å². The standard InChI is InChI=1S/C28H30N4O2S2/c1-17-5-8-21(9-6-17)16-32-27(34)23(36-28(32)35)12-22-25(30-13-19(3)11-20(4)14-30)29-24-10-7-18(2)15-31(24)26(22)33/h5-10,12,15,19-20H,11,13-14,16H2,1-4H3/b23-12+. The molecule has 2 aromatic heterocycles. The average molecular weight is 519 g/mol. The van der Waals surface area contributed by atoms with Gasteiger partial charge in [-0.1, -0.05) is 73.7 Å². The molecule has 2 aliphatic heterocycles. The number of anilines is 1. The summed E-state index contributed by atoms with van der Waals surface area (Å²) in [7, 11) is 0. The van der Waals surface area contributed by atoms with Crippen LogP contribution in [0.15, 0.2) is 52.3 Å². The molecule has 2 unspecified atom stereocenters. The monoisotopic (exact) mass is 518 g/mol. The molecule has 0 N–H and O–H groups in total. The summed E-state index contributed by atoms with van der Waals surface area (Å²) in [6.07, 6.45) is 4.66. The molecule has 186 valence electrons. The SMILES string of the molecule is Cc1ccc(CN2C(=O)/C(=C\c3c(N4CC(C)CC(C)C4)nc4ccc(C)cn4c3=O)SC2=S)cc1. The zero-order chi connectivity index (χ0) is 25.6. The first-order valence-corrected chi connectivity index (χ1v) is 13.5. The van der Waals surface area contributed by atoms with Crippen molar-refractivity contribution in [3.8, 4) is 0 Å². The minimum absolute atomic E-state index is 0.173. The second-order valence-electron chi connectivity index (χ2n) is 10.2. The Bertz CT molecular complexity index is 1430. The number of rotatable bonds is 4. The lowest BCUT2D eigenvalue weighted by Crippen LogP contribution is -2.40. The quantitative estimate of drug-likeness (QED) is 0.350. The molecule has 36 heavy (non-hydrogen) atoms. The highest BCUT2D eigenvalue weighted by molar-refractivity contribution is 8.26. The molecule has 8 heteroatoms. The number of amides is 1. The van der Waals surface area contributed by atoms with E-state index in [0.29, 0.717) is 44.6 Å². The zero-order valence-electron chi connectivity index (χ0n) is 21.0. The van der Waals surface area contributed by atoms with E-state index in [9.17, 15) is 9.59 Å². The number of piperidine rings is 1. The van der Waals surface area contributed by atoms with Crippen LogP contribution < -0.4 is 10.5 Å². The van der Waals surface area contributed by atoms with Crippen LogP contribution in [0.4, 0.5) is 5.82 Å². The maximum Gasteiger partial charge on any atom is 0.267 e. The summed E-state index contributed by atoms with van der Waals surface area (Å²) in [5.74, 6) is 1.46. The fraction of sp³-hybridized carbons (Fsp3) is 0.357. The van der Waals surface area contributed by atoms with Crippen LogP contribution in [0.3, 0.4) is 0 Å². The van der Waals surface area contributed by atoms with Crippen molar-refractivity contribution in [2.24, 2.45) is 11.8 Å². The maximum atomic E-state index is 13.8. The molecule has 0 spiro atoms. The lowest BCUT2D eigenvalue weighted by Gasteiger charge is -2.36. The van der Waals surface area contributed by atoms with Gasteiger partial charge in [0.05, 0.1) is 17.0 Å². The molecule has 2 fully saturated rings. The van der Waals surface area contributed by atoms with Crippen molar-refractivity contribution in [2.45, 2.75) is 40.7 Å². The molecule has 0 radical (unpaired) electrons. The second kappa shape index (κ2) is 9.82. The number of hydrogen-bond donors (Lipinski definition) is 0. The van der Waals surface area contributed by atoms with E-state index in [1.807, 2.05) is 50.2 Å². The van der Waals surface area contributed by atoms with E-state index in [1.165, 1.54) is 11.8 Å². The smallest absolute Gasteiger partial charge is 0.267 e. The Morgan fingerprint density at radius 1 is 1.03 bits per heavy atom. The molecule has 0 saturated carbocycles. The summed E-state index contributed by atoms with van der Waals surface area (Å²) < 4.78 is 2.08. The van der Waals surface area contributed by atoms with Crippen molar-refractivity contribution < 1.29 is 4.79 Å². The average Bonchev–Trinajstić information content (AvgIpc) is 3.09. The first-order valence-electron chi connectivity index (χ1n) is 12.3. The largest absolute Gasteiger partial charge is 0.355 e. The van der Waals surface area contributed by atoms with Crippen LogP contribution in [0.5, 0.6) is 0 Å². The Hall–Kier alpha value is -2.97. The highest BCUT2D eigenvalue weighted by Gasteiger charge is 2.33. The van der Waals surface area contributed by atoms with Gasteiger partial charge in [-0.3, -0.25) is 18.9 Å². The van der Waals surface area contributed by atoms with Gasteiger partial charge in [-0.15, -0.1) is 0 Å². The van der Waals surface area contributed by atoms with Crippen molar-refractivity contribution in [1.29, 1.82) is 0 Å². The number of thiocarbonyl (C=S) groups is 1. The van der Waals surface area contributed by atoms with Gasteiger partial charge in [0.25, 0.3) is 11.5 Å². The number of nitrogens with zero attached hydrogens (tertiary/aromatic N) is 4. The minimum Gasteiger partial charge on any atom is -0.355 e. The summed E-state index contributed by atoms with van der Waals surface area (Å²) in [5.41, 5.74) is 4.02. The summed E-state index contributed by atoms with van der Waals surface area (Å²) in [6.45, 7) is 10.5. The third-order valence-electron chi connectivity index (χ3n) is 6.76. The predicted octanol–water partition coefficient (Wildman–Crippen LogP) is 5.20. The Morgan fingerprint density at radius 3 is 2.39 bits per heavy atom. The normalized spacial score (nSPS) is 21.7. The van der Waals surface area contributed by atoms with Crippen molar-refractivity contribution in [3.05, 3.63) is 80.1 Å². The van der Waals surface area contributed by atoms with Crippen molar-refractivity contribution >= 4 is 51.7 Å². The summed E-state index contributed by atoms with van der Waals surface area (Å²) >= 11 is 6.82. The molecule has 0 bridgehead atoms. The molecule has 1 aromatic carbocycles. The number of aryl methyl sites for hydroxylation is 2. The van der Waals surface area contributed by atoms with E-state index in [2.05, 4.69) is 18.7 Å². The highest BCUT2D eigenvalue weighted by Crippen LogP contribution is 2.35. The number of hydrogen-bond acceptors (Lipinski definition) is 6. The van der Waals surface area contributed by atoms with E-state index >= 15 is 0 Å². The fourth-order valence-corrected chi connectivity index (χ4v) is 6.33. The number of fused-ring (bicyclic) bond motifs is 1. The lowest BCUT2D eigenvalue weighted by molar-refractivity contribution is -0.122. The van der Waals surface area contributed by atoms with Crippen LogP contribution in [-0.2, 0) is 11.3 Å². The van der Waals surface area contributed by atoms with Gasteiger partial charge >= 0.3 is 0 Å². The fourth-order valence-electron chi connectivity index (χ4n) is 5.09. The molecule has 5 rings (SSSR count). The number of carbonyl (C=O) groups excluding carboxylic acids is 1. The Morgan fingerprint density at radius 2 is 1.69 bits per heavy atom. The van der Waals surface area contributed by atoms with Gasteiger partial charge < -0.3 is 4.90 Å². The first kappa shape index (κ1) is 24.7. The molecule has 2 saturated heterocycles. The van der Waals surface area contributed by atoms with Gasteiger partial charge in [0.2, 0.25) is 0 Å².